The molecule has 2 aromatic rings. The Morgan fingerprint density at radius 1 is 1.13 bits per heavy atom. The van der Waals surface area contributed by atoms with E-state index in [4.69, 9.17) is 0 Å². The number of hydrogen-bond acceptors (Lipinski definition) is 3. The third kappa shape index (κ3) is 3.72. The number of benzene rings is 1. The number of hydrogen-bond donors (Lipinski definition) is 1. The molecule has 0 fully saturated rings. The number of aromatic nitrogens is 1. The zero-order valence-electron chi connectivity index (χ0n) is 9.32. The van der Waals surface area contributed by atoms with E-state index in [9.17, 15) is 0 Å². The predicted molar refractivity (Wildman–Crippen MR) is 67.9 cm³/mol. The first-order valence-corrected chi connectivity index (χ1v) is 5.97. The number of nitrogens with one attached hydrogen (secondary N) is 1. The highest BCUT2D eigenvalue weighted by Crippen LogP contribution is 2.19. The van der Waals surface area contributed by atoms with Crippen molar-refractivity contribution in [1.29, 1.82) is 0 Å². The zero-order valence-corrected chi connectivity index (χ0v) is 10.1. The van der Waals surface area contributed by atoms with Crippen LogP contribution in [0.2, 0.25) is 0 Å². The van der Waals surface area contributed by atoms with Gasteiger partial charge in [0, 0.05) is 11.1 Å². The van der Waals surface area contributed by atoms with E-state index >= 15 is 0 Å². The van der Waals surface area contributed by atoms with Crippen molar-refractivity contribution in [3.8, 4) is 0 Å². The molecule has 0 spiro atoms. The van der Waals surface area contributed by atoms with Crippen molar-refractivity contribution in [2.75, 3.05) is 5.32 Å². The second kappa shape index (κ2) is 6.19. The van der Waals surface area contributed by atoms with Gasteiger partial charge in [0.15, 0.2) is 5.13 Å². The zero-order chi connectivity index (χ0) is 11.1. The fourth-order valence-electron chi connectivity index (χ4n) is 1.06. The molecule has 1 N–H and O–H groups in total. The quantitative estimate of drug-likeness (QED) is 0.819. The molecule has 0 aliphatic rings. The molecule has 15 heavy (non-hydrogen) atoms. The minimum absolute atomic E-state index is 0.948. The van der Waals surface area contributed by atoms with Gasteiger partial charge in [-0.1, -0.05) is 32.0 Å². The van der Waals surface area contributed by atoms with Crippen LogP contribution in [-0.4, -0.2) is 4.98 Å². The van der Waals surface area contributed by atoms with Crippen LogP contribution in [0.1, 0.15) is 19.5 Å². The SMILES string of the molecule is CC.Cc1csc(Nc2ccccc2)n1. The van der Waals surface area contributed by atoms with E-state index in [1.165, 1.54) is 0 Å². The average Bonchev–Trinajstić information content (AvgIpc) is 2.68. The maximum atomic E-state index is 4.31. The maximum absolute atomic E-state index is 4.31. The Labute approximate surface area is 95.0 Å². The number of nitrogens with zero attached hydrogens (tertiary/aromatic N) is 1. The molecule has 1 aromatic carbocycles. The highest BCUT2D eigenvalue weighted by atomic mass is 32.1. The number of rotatable bonds is 2. The van der Waals surface area contributed by atoms with E-state index in [1.807, 2.05) is 56.5 Å². The molecular weight excluding hydrogens is 204 g/mol. The summed E-state index contributed by atoms with van der Waals surface area (Å²) in [4.78, 5) is 4.31. The molecule has 3 heteroatoms. The van der Waals surface area contributed by atoms with E-state index in [2.05, 4.69) is 10.3 Å². The van der Waals surface area contributed by atoms with Gasteiger partial charge in [-0.05, 0) is 19.1 Å². The van der Waals surface area contributed by atoms with Gasteiger partial charge < -0.3 is 5.32 Å². The van der Waals surface area contributed by atoms with Gasteiger partial charge in [0.25, 0.3) is 0 Å². The topological polar surface area (TPSA) is 24.9 Å². The predicted octanol–water partition coefficient (Wildman–Crippen LogP) is 4.22. The van der Waals surface area contributed by atoms with Crippen LogP contribution < -0.4 is 5.32 Å². The molecular formula is C12H16N2S. The summed E-state index contributed by atoms with van der Waals surface area (Å²) in [5.41, 5.74) is 2.14. The van der Waals surface area contributed by atoms with Gasteiger partial charge in [-0.15, -0.1) is 11.3 Å². The van der Waals surface area contributed by atoms with Crippen LogP contribution in [0.15, 0.2) is 35.7 Å². The Hall–Kier alpha value is -1.35. The van der Waals surface area contributed by atoms with Gasteiger partial charge in [-0.2, -0.15) is 0 Å². The molecule has 0 aliphatic heterocycles. The molecule has 80 valence electrons. The van der Waals surface area contributed by atoms with Crippen LogP contribution in [0, 0.1) is 6.92 Å². The van der Waals surface area contributed by atoms with Gasteiger partial charge in [0.2, 0.25) is 0 Å². The van der Waals surface area contributed by atoms with Crippen molar-refractivity contribution in [3.63, 3.8) is 0 Å². The van der Waals surface area contributed by atoms with Crippen LogP contribution in [0.5, 0.6) is 0 Å². The number of aryl methyl sites for hydroxylation is 1. The van der Waals surface area contributed by atoms with Gasteiger partial charge in [0.05, 0.1) is 5.69 Å². The largest absolute Gasteiger partial charge is 0.332 e. The Morgan fingerprint density at radius 3 is 2.33 bits per heavy atom. The molecule has 1 heterocycles. The molecule has 0 saturated heterocycles. The second-order valence-electron chi connectivity index (χ2n) is 2.79. The molecule has 0 aliphatic carbocycles. The summed E-state index contributed by atoms with van der Waals surface area (Å²) in [5, 5.41) is 6.21. The lowest BCUT2D eigenvalue weighted by atomic mass is 10.3. The first-order valence-electron chi connectivity index (χ1n) is 5.09. The Balaban J connectivity index is 0.000000531. The number of para-hydroxylation sites is 1. The van der Waals surface area contributed by atoms with Crippen molar-refractivity contribution in [1.82, 2.24) is 4.98 Å². The highest BCUT2D eigenvalue weighted by Gasteiger charge is 1.97. The minimum atomic E-state index is 0.948. The van der Waals surface area contributed by atoms with E-state index in [-0.39, 0.29) is 0 Å². The second-order valence-corrected chi connectivity index (χ2v) is 3.64. The van der Waals surface area contributed by atoms with Crippen molar-refractivity contribution in [2.45, 2.75) is 20.8 Å². The maximum Gasteiger partial charge on any atom is 0.187 e. The van der Waals surface area contributed by atoms with Gasteiger partial charge in [-0.3, -0.25) is 0 Å². The highest BCUT2D eigenvalue weighted by molar-refractivity contribution is 7.13. The van der Waals surface area contributed by atoms with Gasteiger partial charge in [0.1, 0.15) is 0 Å². The lowest BCUT2D eigenvalue weighted by Crippen LogP contribution is -1.88. The smallest absolute Gasteiger partial charge is 0.187 e. The summed E-state index contributed by atoms with van der Waals surface area (Å²) in [6.07, 6.45) is 0. The van der Waals surface area contributed by atoms with Crippen molar-refractivity contribution >= 4 is 22.2 Å². The molecule has 2 nitrogen and oxygen atoms in total. The fraction of sp³-hybridized carbons (Fsp3) is 0.250. The van der Waals surface area contributed by atoms with Gasteiger partial charge >= 0.3 is 0 Å². The number of thiazole rings is 1. The molecule has 2 rings (SSSR count). The van der Waals surface area contributed by atoms with Crippen molar-refractivity contribution < 1.29 is 0 Å². The minimum Gasteiger partial charge on any atom is -0.332 e. The Morgan fingerprint density at radius 2 is 1.80 bits per heavy atom. The summed E-state index contributed by atoms with van der Waals surface area (Å²) < 4.78 is 0. The van der Waals surface area contributed by atoms with E-state index in [0.29, 0.717) is 0 Å². The van der Waals surface area contributed by atoms with Crippen LogP contribution >= 0.6 is 11.3 Å². The monoisotopic (exact) mass is 220 g/mol. The Bertz CT molecular complexity index is 382. The van der Waals surface area contributed by atoms with Crippen LogP contribution in [-0.2, 0) is 0 Å². The lowest BCUT2D eigenvalue weighted by Gasteiger charge is -1.99. The molecule has 0 bridgehead atoms. The first-order chi connectivity index (χ1) is 7.34. The summed E-state index contributed by atoms with van der Waals surface area (Å²) >= 11 is 1.62. The Kier molecular flexibility index (Phi) is 4.84. The molecule has 0 radical (unpaired) electrons. The van der Waals surface area contributed by atoms with E-state index in [0.717, 1.165) is 16.5 Å². The van der Waals surface area contributed by atoms with Crippen molar-refractivity contribution in [2.24, 2.45) is 0 Å². The average molecular weight is 220 g/mol. The summed E-state index contributed by atoms with van der Waals surface area (Å²) in [6.45, 7) is 5.99. The molecule has 0 unspecified atom stereocenters. The lowest BCUT2D eigenvalue weighted by molar-refractivity contribution is 1.26. The van der Waals surface area contributed by atoms with E-state index in [1.54, 1.807) is 11.3 Å². The van der Waals surface area contributed by atoms with Crippen molar-refractivity contribution in [3.05, 3.63) is 41.4 Å². The summed E-state index contributed by atoms with van der Waals surface area (Å²) in [6, 6.07) is 10.1. The van der Waals surface area contributed by atoms with Crippen LogP contribution in [0.3, 0.4) is 0 Å². The molecule has 0 atom stereocenters. The fourth-order valence-corrected chi connectivity index (χ4v) is 1.76. The van der Waals surface area contributed by atoms with Crippen LogP contribution in [0.25, 0.3) is 0 Å². The van der Waals surface area contributed by atoms with E-state index < -0.39 is 0 Å². The summed E-state index contributed by atoms with van der Waals surface area (Å²) in [5.74, 6) is 0. The first kappa shape index (κ1) is 11.7. The van der Waals surface area contributed by atoms with Crippen LogP contribution in [0.4, 0.5) is 10.8 Å². The third-order valence-electron chi connectivity index (χ3n) is 1.64. The number of anilines is 2. The standard InChI is InChI=1S/C10H10N2S.C2H6/c1-8-7-13-10(11-8)12-9-5-3-2-4-6-9;1-2/h2-7H,1H3,(H,11,12);1-2H3. The molecule has 1 aromatic heterocycles. The van der Waals surface area contributed by atoms with Gasteiger partial charge in [-0.25, -0.2) is 4.98 Å². The normalized spacial score (nSPS) is 9.00. The molecule has 0 amide bonds. The summed E-state index contributed by atoms with van der Waals surface area (Å²) in [7, 11) is 0. The molecule has 0 saturated carbocycles. The third-order valence-corrected chi connectivity index (χ3v) is 2.52.